The normalized spacial score (nSPS) is 15.3. The van der Waals surface area contributed by atoms with Gasteiger partial charge in [0.1, 0.15) is 11.5 Å². The number of nitrogens with zero attached hydrogens (tertiary/aromatic N) is 2. The minimum atomic E-state index is -0.271. The van der Waals surface area contributed by atoms with E-state index in [0.29, 0.717) is 17.1 Å². The van der Waals surface area contributed by atoms with Gasteiger partial charge in [-0.1, -0.05) is 0 Å². The van der Waals surface area contributed by atoms with Gasteiger partial charge in [-0.15, -0.1) is 0 Å². The standard InChI is InChI=1S/C20H20FN3O/c1-12-11-18(15-5-7-16(21)8-6-15)24-10-9-17(19(24)22-12)20(25)23-13(2)14-3-4-14/h5-11,13-14H,3-4H2,1-2H3,(H,23,25)/t13-/m0/s1. The maximum Gasteiger partial charge on any atom is 0.255 e. The van der Waals surface area contributed by atoms with Gasteiger partial charge in [0.2, 0.25) is 0 Å². The van der Waals surface area contributed by atoms with Crippen molar-refractivity contribution in [2.24, 2.45) is 5.92 Å². The highest BCUT2D eigenvalue weighted by Crippen LogP contribution is 2.32. The molecular formula is C20H20FN3O. The first-order valence-corrected chi connectivity index (χ1v) is 8.58. The molecule has 0 saturated heterocycles. The fourth-order valence-electron chi connectivity index (χ4n) is 3.22. The maximum absolute atomic E-state index is 13.2. The van der Waals surface area contributed by atoms with E-state index in [2.05, 4.69) is 17.2 Å². The molecule has 2 heterocycles. The summed E-state index contributed by atoms with van der Waals surface area (Å²) in [5.41, 5.74) is 3.77. The molecule has 0 spiro atoms. The van der Waals surface area contributed by atoms with Crippen molar-refractivity contribution >= 4 is 11.6 Å². The van der Waals surface area contributed by atoms with Crippen molar-refractivity contribution in [3.63, 3.8) is 0 Å². The molecule has 4 nitrogen and oxygen atoms in total. The van der Waals surface area contributed by atoms with Crippen LogP contribution in [0.15, 0.2) is 42.6 Å². The second kappa shape index (κ2) is 5.99. The third-order valence-corrected chi connectivity index (χ3v) is 4.82. The van der Waals surface area contributed by atoms with Crippen molar-refractivity contribution in [3.05, 3.63) is 59.7 Å². The number of nitrogens with one attached hydrogen (secondary N) is 1. The minimum absolute atomic E-state index is 0.0925. The number of fused-ring (bicyclic) bond motifs is 1. The van der Waals surface area contributed by atoms with Gasteiger partial charge < -0.3 is 9.72 Å². The molecule has 4 rings (SSSR count). The van der Waals surface area contributed by atoms with E-state index in [1.165, 1.54) is 25.0 Å². The molecule has 25 heavy (non-hydrogen) atoms. The summed E-state index contributed by atoms with van der Waals surface area (Å²) in [6.07, 6.45) is 4.21. The molecule has 1 N–H and O–H groups in total. The molecule has 1 saturated carbocycles. The van der Waals surface area contributed by atoms with E-state index in [1.54, 1.807) is 18.2 Å². The first-order chi connectivity index (χ1) is 12.0. The van der Waals surface area contributed by atoms with Crippen molar-refractivity contribution in [2.45, 2.75) is 32.7 Å². The SMILES string of the molecule is Cc1cc(-c2ccc(F)cc2)n2ccc(C(=O)N[C@@H](C)C3CC3)c2n1. The van der Waals surface area contributed by atoms with Gasteiger partial charge in [0.15, 0.2) is 0 Å². The molecule has 1 aliphatic rings. The Morgan fingerprint density at radius 1 is 1.28 bits per heavy atom. The molecule has 1 aromatic carbocycles. The molecule has 3 aromatic rings. The molecule has 0 aliphatic heterocycles. The monoisotopic (exact) mass is 337 g/mol. The third-order valence-electron chi connectivity index (χ3n) is 4.82. The second-order valence-electron chi connectivity index (χ2n) is 6.81. The zero-order valence-corrected chi connectivity index (χ0v) is 14.3. The zero-order chi connectivity index (χ0) is 17.6. The van der Waals surface area contributed by atoms with E-state index in [0.717, 1.165) is 17.0 Å². The van der Waals surface area contributed by atoms with Crippen molar-refractivity contribution in [1.29, 1.82) is 0 Å². The van der Waals surface area contributed by atoms with Crippen LogP contribution in [0.5, 0.6) is 0 Å². The van der Waals surface area contributed by atoms with Gasteiger partial charge in [0.25, 0.3) is 5.91 Å². The lowest BCUT2D eigenvalue weighted by atomic mass is 10.1. The van der Waals surface area contributed by atoms with Gasteiger partial charge in [-0.2, -0.15) is 0 Å². The van der Waals surface area contributed by atoms with E-state index in [1.807, 2.05) is 23.6 Å². The summed E-state index contributed by atoms with van der Waals surface area (Å²) in [5, 5.41) is 3.08. The summed E-state index contributed by atoms with van der Waals surface area (Å²) in [6, 6.07) is 10.3. The number of amides is 1. The predicted molar refractivity (Wildman–Crippen MR) is 95.0 cm³/mol. The number of hydrogen-bond acceptors (Lipinski definition) is 2. The Morgan fingerprint density at radius 2 is 2.00 bits per heavy atom. The summed E-state index contributed by atoms with van der Waals surface area (Å²) < 4.78 is 15.1. The molecule has 128 valence electrons. The fourth-order valence-corrected chi connectivity index (χ4v) is 3.22. The second-order valence-corrected chi connectivity index (χ2v) is 6.81. The first kappa shape index (κ1) is 15.8. The van der Waals surface area contributed by atoms with Crippen LogP contribution < -0.4 is 5.32 Å². The van der Waals surface area contributed by atoms with Crippen molar-refractivity contribution < 1.29 is 9.18 Å². The maximum atomic E-state index is 13.2. The molecule has 5 heteroatoms. The van der Waals surface area contributed by atoms with Crippen LogP contribution in [0.25, 0.3) is 16.9 Å². The Morgan fingerprint density at radius 3 is 2.68 bits per heavy atom. The lowest BCUT2D eigenvalue weighted by molar-refractivity contribution is 0.0937. The third kappa shape index (κ3) is 3.02. The van der Waals surface area contributed by atoms with Crippen molar-refractivity contribution in [3.8, 4) is 11.3 Å². The molecule has 1 atom stereocenters. The Labute approximate surface area is 145 Å². The highest BCUT2D eigenvalue weighted by Gasteiger charge is 2.29. The summed E-state index contributed by atoms with van der Waals surface area (Å²) in [4.78, 5) is 17.2. The number of carbonyl (C=O) groups excluding carboxylic acids is 1. The van der Waals surface area contributed by atoms with Crippen molar-refractivity contribution in [1.82, 2.24) is 14.7 Å². The van der Waals surface area contributed by atoms with Crippen LogP contribution in [0.2, 0.25) is 0 Å². The van der Waals surface area contributed by atoms with Gasteiger partial charge in [0, 0.05) is 17.9 Å². The van der Waals surface area contributed by atoms with E-state index >= 15 is 0 Å². The molecule has 0 bridgehead atoms. The number of carbonyl (C=O) groups is 1. The Bertz CT molecular complexity index is 941. The Hall–Kier alpha value is -2.69. The van der Waals surface area contributed by atoms with Crippen LogP contribution in [0.1, 0.15) is 35.8 Å². The van der Waals surface area contributed by atoms with Crippen LogP contribution in [-0.4, -0.2) is 21.3 Å². The summed E-state index contributed by atoms with van der Waals surface area (Å²) in [7, 11) is 0. The Balaban J connectivity index is 1.75. The van der Waals surface area contributed by atoms with Crippen molar-refractivity contribution in [2.75, 3.05) is 0 Å². The predicted octanol–water partition coefficient (Wildman–Crippen LogP) is 3.98. The lowest BCUT2D eigenvalue weighted by Gasteiger charge is -2.13. The van der Waals surface area contributed by atoms with Gasteiger partial charge in [-0.3, -0.25) is 4.79 Å². The van der Waals surface area contributed by atoms with E-state index in [-0.39, 0.29) is 17.8 Å². The highest BCUT2D eigenvalue weighted by atomic mass is 19.1. The Kier molecular flexibility index (Phi) is 3.79. The van der Waals surface area contributed by atoms with Crippen LogP contribution in [0, 0.1) is 18.7 Å². The minimum Gasteiger partial charge on any atom is -0.349 e. The molecule has 1 amide bonds. The summed E-state index contributed by atoms with van der Waals surface area (Å²) in [6.45, 7) is 3.95. The number of aromatic nitrogens is 2. The molecule has 0 radical (unpaired) electrons. The number of aryl methyl sites for hydroxylation is 1. The van der Waals surface area contributed by atoms with Crippen LogP contribution in [-0.2, 0) is 0 Å². The van der Waals surface area contributed by atoms with Gasteiger partial charge in [-0.25, -0.2) is 9.37 Å². The van der Waals surface area contributed by atoms with Crippen LogP contribution >= 0.6 is 0 Å². The summed E-state index contributed by atoms with van der Waals surface area (Å²) >= 11 is 0. The average Bonchev–Trinajstić information content (AvgIpc) is 3.35. The zero-order valence-electron chi connectivity index (χ0n) is 14.3. The molecule has 1 aliphatic carbocycles. The van der Waals surface area contributed by atoms with Gasteiger partial charge in [0.05, 0.1) is 11.3 Å². The molecule has 2 aromatic heterocycles. The largest absolute Gasteiger partial charge is 0.349 e. The number of halogens is 1. The van der Waals surface area contributed by atoms with Gasteiger partial charge in [-0.05, 0) is 74.6 Å². The highest BCUT2D eigenvalue weighted by molar-refractivity contribution is 6.00. The lowest BCUT2D eigenvalue weighted by Crippen LogP contribution is -2.34. The fraction of sp³-hybridized carbons (Fsp3) is 0.300. The number of hydrogen-bond donors (Lipinski definition) is 1. The van der Waals surface area contributed by atoms with Crippen LogP contribution in [0.4, 0.5) is 4.39 Å². The molecule has 0 unspecified atom stereocenters. The van der Waals surface area contributed by atoms with Gasteiger partial charge >= 0.3 is 0 Å². The average molecular weight is 337 g/mol. The summed E-state index contributed by atoms with van der Waals surface area (Å²) in [5.74, 6) is 0.236. The van der Waals surface area contributed by atoms with Crippen LogP contribution in [0.3, 0.4) is 0 Å². The first-order valence-electron chi connectivity index (χ1n) is 8.58. The molecular weight excluding hydrogens is 317 g/mol. The quantitative estimate of drug-likeness (QED) is 0.783. The van der Waals surface area contributed by atoms with E-state index < -0.39 is 0 Å². The molecule has 1 fully saturated rings. The van der Waals surface area contributed by atoms with E-state index in [9.17, 15) is 9.18 Å². The number of rotatable bonds is 4. The smallest absolute Gasteiger partial charge is 0.255 e. The number of benzene rings is 1. The topological polar surface area (TPSA) is 46.4 Å². The van der Waals surface area contributed by atoms with E-state index in [4.69, 9.17) is 0 Å².